The largest absolute Gasteiger partial charge is 0.351 e. The zero-order chi connectivity index (χ0) is 14.7. The average Bonchev–Trinajstić information content (AvgIpc) is 2.53. The molecule has 1 saturated heterocycles. The van der Waals surface area contributed by atoms with Crippen molar-refractivity contribution in [2.75, 3.05) is 13.1 Å². The van der Waals surface area contributed by atoms with E-state index in [1.165, 1.54) is 10.8 Å². The minimum atomic E-state index is -0.142. The highest BCUT2D eigenvalue weighted by atomic mass is 16.2. The second-order valence-electron chi connectivity index (χ2n) is 5.63. The van der Waals surface area contributed by atoms with Gasteiger partial charge >= 0.3 is 0 Å². The third-order valence-corrected chi connectivity index (χ3v) is 3.99. The molecular formula is C17H21N3O. The molecule has 0 spiro atoms. The van der Waals surface area contributed by atoms with E-state index < -0.39 is 0 Å². The molecule has 4 nitrogen and oxygen atoms in total. The van der Waals surface area contributed by atoms with Crippen LogP contribution in [0.2, 0.25) is 0 Å². The lowest BCUT2D eigenvalue weighted by Crippen LogP contribution is -2.58. The maximum absolute atomic E-state index is 12.2. The fraction of sp³-hybridized carbons (Fsp3) is 0.353. The van der Waals surface area contributed by atoms with Crippen LogP contribution in [0.5, 0.6) is 0 Å². The van der Waals surface area contributed by atoms with Crippen LogP contribution in [-0.2, 0) is 11.3 Å². The molecule has 1 fully saturated rings. The second kappa shape index (κ2) is 6.24. The van der Waals surface area contributed by atoms with E-state index in [4.69, 9.17) is 0 Å². The number of carbonyl (C=O) groups excluding carboxylic acids is 1. The van der Waals surface area contributed by atoms with Gasteiger partial charge in [0.15, 0.2) is 0 Å². The average molecular weight is 283 g/mol. The van der Waals surface area contributed by atoms with Crippen LogP contribution in [0.3, 0.4) is 0 Å². The van der Waals surface area contributed by atoms with Gasteiger partial charge in [0.05, 0.1) is 6.04 Å². The van der Waals surface area contributed by atoms with Gasteiger partial charge in [0.1, 0.15) is 0 Å². The summed E-state index contributed by atoms with van der Waals surface area (Å²) in [6, 6.07) is 14.7. The smallest absolute Gasteiger partial charge is 0.238 e. The molecule has 1 amide bonds. The van der Waals surface area contributed by atoms with Crippen LogP contribution >= 0.6 is 0 Å². The van der Waals surface area contributed by atoms with E-state index in [9.17, 15) is 4.79 Å². The Balaban J connectivity index is 1.65. The molecule has 0 aliphatic carbocycles. The van der Waals surface area contributed by atoms with Crippen molar-refractivity contribution in [1.29, 1.82) is 0 Å². The van der Waals surface area contributed by atoms with E-state index in [2.05, 4.69) is 47.1 Å². The molecule has 2 atom stereocenters. The van der Waals surface area contributed by atoms with Crippen molar-refractivity contribution in [3.63, 3.8) is 0 Å². The lowest BCUT2D eigenvalue weighted by molar-refractivity contribution is -0.123. The summed E-state index contributed by atoms with van der Waals surface area (Å²) < 4.78 is 0. The molecule has 1 aliphatic heterocycles. The summed E-state index contributed by atoms with van der Waals surface area (Å²) in [5.41, 5.74) is 1.15. The number of hydrogen-bond acceptors (Lipinski definition) is 3. The van der Waals surface area contributed by atoms with Gasteiger partial charge in [-0.2, -0.15) is 0 Å². The van der Waals surface area contributed by atoms with Gasteiger partial charge in [-0.15, -0.1) is 0 Å². The van der Waals surface area contributed by atoms with Crippen LogP contribution in [0.25, 0.3) is 10.8 Å². The van der Waals surface area contributed by atoms with Crippen molar-refractivity contribution in [2.45, 2.75) is 25.6 Å². The van der Waals surface area contributed by atoms with Crippen LogP contribution in [0.4, 0.5) is 0 Å². The van der Waals surface area contributed by atoms with Gasteiger partial charge in [0, 0.05) is 25.7 Å². The molecule has 1 heterocycles. The SMILES string of the molecule is CC1CNC(C(=O)NCc2cccc3ccccc23)CN1. The first-order valence-corrected chi connectivity index (χ1v) is 7.45. The van der Waals surface area contributed by atoms with Crippen molar-refractivity contribution in [3.05, 3.63) is 48.0 Å². The predicted octanol–water partition coefficient (Wildman–Crippen LogP) is 1.41. The van der Waals surface area contributed by atoms with Crippen LogP contribution in [0, 0.1) is 0 Å². The normalized spacial score (nSPS) is 22.1. The summed E-state index contributed by atoms with van der Waals surface area (Å²) in [4.78, 5) is 12.2. The first kappa shape index (κ1) is 14.0. The molecule has 0 bridgehead atoms. The van der Waals surface area contributed by atoms with E-state index in [1.54, 1.807) is 0 Å². The van der Waals surface area contributed by atoms with Gasteiger partial charge in [-0.3, -0.25) is 4.79 Å². The number of rotatable bonds is 3. The van der Waals surface area contributed by atoms with E-state index in [0.717, 1.165) is 12.1 Å². The Morgan fingerprint density at radius 3 is 2.76 bits per heavy atom. The molecule has 0 aromatic heterocycles. The van der Waals surface area contributed by atoms with Crippen LogP contribution in [-0.4, -0.2) is 31.1 Å². The van der Waals surface area contributed by atoms with Crippen LogP contribution in [0.1, 0.15) is 12.5 Å². The summed E-state index contributed by atoms with van der Waals surface area (Å²) in [5.74, 6) is 0.0577. The molecule has 3 rings (SSSR count). The zero-order valence-electron chi connectivity index (χ0n) is 12.2. The maximum atomic E-state index is 12.2. The quantitative estimate of drug-likeness (QED) is 0.798. The van der Waals surface area contributed by atoms with Crippen molar-refractivity contribution in [3.8, 4) is 0 Å². The predicted molar refractivity (Wildman–Crippen MR) is 85.1 cm³/mol. The summed E-state index contributed by atoms with van der Waals surface area (Å²) >= 11 is 0. The molecule has 0 saturated carbocycles. The molecule has 4 heteroatoms. The molecule has 2 unspecified atom stereocenters. The highest BCUT2D eigenvalue weighted by Crippen LogP contribution is 2.18. The monoisotopic (exact) mass is 283 g/mol. The van der Waals surface area contributed by atoms with E-state index in [1.807, 2.05) is 18.2 Å². The number of nitrogens with one attached hydrogen (secondary N) is 3. The zero-order valence-corrected chi connectivity index (χ0v) is 12.2. The Morgan fingerprint density at radius 1 is 1.14 bits per heavy atom. The molecule has 2 aromatic rings. The lowest BCUT2D eigenvalue weighted by Gasteiger charge is -2.28. The molecule has 2 aromatic carbocycles. The lowest BCUT2D eigenvalue weighted by atomic mass is 10.0. The molecular weight excluding hydrogens is 262 g/mol. The van der Waals surface area contributed by atoms with Crippen LogP contribution < -0.4 is 16.0 Å². The highest BCUT2D eigenvalue weighted by molar-refractivity contribution is 5.87. The number of hydrogen-bond donors (Lipinski definition) is 3. The maximum Gasteiger partial charge on any atom is 0.238 e. The Bertz CT molecular complexity index is 627. The molecule has 3 N–H and O–H groups in total. The number of benzene rings is 2. The Hall–Kier alpha value is -1.91. The summed E-state index contributed by atoms with van der Waals surface area (Å²) in [6.45, 7) is 4.18. The Labute approximate surface area is 124 Å². The van der Waals surface area contributed by atoms with Crippen molar-refractivity contribution >= 4 is 16.7 Å². The van der Waals surface area contributed by atoms with Gasteiger partial charge in [-0.1, -0.05) is 42.5 Å². The molecule has 1 aliphatic rings. The van der Waals surface area contributed by atoms with E-state index >= 15 is 0 Å². The molecule has 0 radical (unpaired) electrons. The number of fused-ring (bicyclic) bond motifs is 1. The van der Waals surface area contributed by atoms with E-state index in [-0.39, 0.29) is 11.9 Å². The minimum Gasteiger partial charge on any atom is -0.351 e. The van der Waals surface area contributed by atoms with Gasteiger partial charge in [0.25, 0.3) is 0 Å². The van der Waals surface area contributed by atoms with Gasteiger partial charge in [-0.25, -0.2) is 0 Å². The van der Waals surface area contributed by atoms with Gasteiger partial charge in [-0.05, 0) is 23.3 Å². The summed E-state index contributed by atoms with van der Waals surface area (Å²) in [6.07, 6.45) is 0. The third kappa shape index (κ3) is 3.23. The minimum absolute atomic E-state index is 0.0577. The van der Waals surface area contributed by atoms with Gasteiger partial charge in [0.2, 0.25) is 5.91 Å². The van der Waals surface area contributed by atoms with Crippen molar-refractivity contribution in [2.24, 2.45) is 0 Å². The highest BCUT2D eigenvalue weighted by Gasteiger charge is 2.22. The van der Waals surface area contributed by atoms with Gasteiger partial charge < -0.3 is 16.0 Å². The summed E-state index contributed by atoms with van der Waals surface area (Å²) in [7, 11) is 0. The third-order valence-electron chi connectivity index (χ3n) is 3.99. The fourth-order valence-corrected chi connectivity index (χ4v) is 2.72. The Kier molecular flexibility index (Phi) is 4.18. The number of carbonyl (C=O) groups is 1. The number of amides is 1. The van der Waals surface area contributed by atoms with Crippen molar-refractivity contribution in [1.82, 2.24) is 16.0 Å². The fourth-order valence-electron chi connectivity index (χ4n) is 2.72. The summed E-state index contributed by atoms with van der Waals surface area (Å²) in [5, 5.41) is 12.0. The Morgan fingerprint density at radius 2 is 1.95 bits per heavy atom. The first-order chi connectivity index (χ1) is 10.2. The standard InChI is InChI=1S/C17H21N3O/c1-12-9-19-16(11-18-12)17(21)20-10-14-7-4-6-13-5-2-3-8-15(13)14/h2-8,12,16,18-19H,9-11H2,1H3,(H,20,21). The van der Waals surface area contributed by atoms with Crippen LogP contribution in [0.15, 0.2) is 42.5 Å². The topological polar surface area (TPSA) is 53.2 Å². The van der Waals surface area contributed by atoms with Crippen molar-refractivity contribution < 1.29 is 4.79 Å². The molecule has 110 valence electrons. The molecule has 21 heavy (non-hydrogen) atoms. The number of piperazine rings is 1. The van der Waals surface area contributed by atoms with E-state index in [0.29, 0.717) is 19.1 Å². The second-order valence-corrected chi connectivity index (χ2v) is 5.63. The first-order valence-electron chi connectivity index (χ1n) is 7.45.